The molecule has 4 aromatic rings. The largest absolute Gasteiger partial charge is 0.367 e. The van der Waals surface area contributed by atoms with E-state index in [1.807, 2.05) is 41.2 Å². The van der Waals surface area contributed by atoms with E-state index in [2.05, 4.69) is 20.5 Å². The smallest absolute Gasteiger partial charge is 0.154 e. The predicted molar refractivity (Wildman–Crippen MR) is 99.2 cm³/mol. The molecule has 0 fully saturated rings. The standard InChI is InChI=1S/C17H14Cl2N6/c18-13-3-2-12(10-14(13)19)15-11-21-17-5-4-16(23-25(15)17)20-7-9-24-8-1-6-22-24/h1-6,8,10-11H,7,9H2,(H,20,23). The highest BCUT2D eigenvalue weighted by molar-refractivity contribution is 6.42. The van der Waals surface area contributed by atoms with E-state index in [1.165, 1.54) is 0 Å². The van der Waals surface area contributed by atoms with Gasteiger partial charge in [0.25, 0.3) is 0 Å². The van der Waals surface area contributed by atoms with Crippen molar-refractivity contribution < 1.29 is 0 Å². The summed E-state index contributed by atoms with van der Waals surface area (Å²) in [6, 6.07) is 11.2. The fraction of sp³-hybridized carbons (Fsp3) is 0.118. The Morgan fingerprint density at radius 3 is 2.80 bits per heavy atom. The minimum atomic E-state index is 0.502. The number of benzene rings is 1. The van der Waals surface area contributed by atoms with E-state index in [-0.39, 0.29) is 0 Å². The van der Waals surface area contributed by atoms with E-state index in [9.17, 15) is 0 Å². The molecule has 0 saturated heterocycles. The average molecular weight is 373 g/mol. The minimum absolute atomic E-state index is 0.502. The normalized spacial score (nSPS) is 11.1. The summed E-state index contributed by atoms with van der Waals surface area (Å²) >= 11 is 12.1. The molecule has 1 aromatic carbocycles. The topological polar surface area (TPSA) is 60.0 Å². The third kappa shape index (κ3) is 3.31. The number of nitrogens with one attached hydrogen (secondary N) is 1. The second kappa shape index (κ2) is 6.74. The van der Waals surface area contributed by atoms with Crippen LogP contribution in [0.25, 0.3) is 16.9 Å². The highest BCUT2D eigenvalue weighted by atomic mass is 35.5. The minimum Gasteiger partial charge on any atom is -0.367 e. The van der Waals surface area contributed by atoms with Gasteiger partial charge in [0, 0.05) is 24.5 Å². The van der Waals surface area contributed by atoms with E-state index in [0.717, 1.165) is 35.8 Å². The SMILES string of the molecule is Clc1ccc(-c2cnc3ccc(NCCn4cccn4)nn23)cc1Cl. The number of fused-ring (bicyclic) bond motifs is 1. The van der Waals surface area contributed by atoms with Gasteiger partial charge in [-0.3, -0.25) is 4.68 Å². The zero-order chi connectivity index (χ0) is 17.2. The molecule has 0 aliphatic rings. The van der Waals surface area contributed by atoms with Gasteiger partial charge in [-0.05, 0) is 30.3 Å². The molecule has 0 amide bonds. The highest BCUT2D eigenvalue weighted by Crippen LogP contribution is 2.28. The molecule has 8 heteroatoms. The van der Waals surface area contributed by atoms with Gasteiger partial charge >= 0.3 is 0 Å². The number of hydrogen-bond donors (Lipinski definition) is 1. The number of aromatic nitrogens is 5. The molecule has 0 radical (unpaired) electrons. The first-order valence-electron chi connectivity index (χ1n) is 7.72. The lowest BCUT2D eigenvalue weighted by Gasteiger charge is -2.08. The van der Waals surface area contributed by atoms with E-state index >= 15 is 0 Å². The van der Waals surface area contributed by atoms with Crippen molar-refractivity contribution in [1.29, 1.82) is 0 Å². The molecule has 4 rings (SSSR count). The molecule has 0 bridgehead atoms. The van der Waals surface area contributed by atoms with Crippen LogP contribution in [-0.4, -0.2) is 30.9 Å². The Hall–Kier alpha value is -2.57. The molecule has 0 aliphatic carbocycles. The molecular weight excluding hydrogens is 359 g/mol. The van der Waals surface area contributed by atoms with Gasteiger partial charge in [0.1, 0.15) is 5.82 Å². The van der Waals surface area contributed by atoms with Gasteiger partial charge in [-0.25, -0.2) is 9.50 Å². The van der Waals surface area contributed by atoms with Gasteiger partial charge in [0.15, 0.2) is 5.65 Å². The zero-order valence-corrected chi connectivity index (χ0v) is 14.6. The van der Waals surface area contributed by atoms with Crippen molar-refractivity contribution >= 4 is 34.7 Å². The summed E-state index contributed by atoms with van der Waals surface area (Å²) in [6.45, 7) is 1.48. The first-order chi connectivity index (χ1) is 12.2. The maximum absolute atomic E-state index is 6.13. The lowest BCUT2D eigenvalue weighted by atomic mass is 10.2. The van der Waals surface area contributed by atoms with Crippen LogP contribution in [0.15, 0.2) is 55.0 Å². The third-order valence-corrected chi connectivity index (χ3v) is 4.52. The molecular formula is C17H14Cl2N6. The maximum atomic E-state index is 6.13. The lowest BCUT2D eigenvalue weighted by Crippen LogP contribution is -2.12. The Kier molecular flexibility index (Phi) is 4.29. The quantitative estimate of drug-likeness (QED) is 0.574. The maximum Gasteiger partial charge on any atom is 0.154 e. The summed E-state index contributed by atoms with van der Waals surface area (Å²) in [6.07, 6.45) is 5.46. The van der Waals surface area contributed by atoms with Crippen molar-refractivity contribution in [1.82, 2.24) is 24.4 Å². The van der Waals surface area contributed by atoms with Gasteiger partial charge in [0.05, 0.1) is 28.5 Å². The van der Waals surface area contributed by atoms with E-state index in [1.54, 1.807) is 23.0 Å². The number of rotatable bonds is 5. The lowest BCUT2D eigenvalue weighted by molar-refractivity contribution is 0.636. The summed E-state index contributed by atoms with van der Waals surface area (Å²) in [5.41, 5.74) is 2.52. The zero-order valence-electron chi connectivity index (χ0n) is 13.1. The van der Waals surface area contributed by atoms with Crippen molar-refractivity contribution in [2.45, 2.75) is 6.54 Å². The molecule has 0 saturated carbocycles. The summed E-state index contributed by atoms with van der Waals surface area (Å²) in [4.78, 5) is 4.39. The van der Waals surface area contributed by atoms with Crippen LogP contribution in [0, 0.1) is 0 Å². The van der Waals surface area contributed by atoms with Crippen molar-refractivity contribution in [3.63, 3.8) is 0 Å². The number of halogens is 2. The number of nitrogens with zero attached hydrogens (tertiary/aromatic N) is 5. The van der Waals surface area contributed by atoms with Crippen LogP contribution in [0.5, 0.6) is 0 Å². The van der Waals surface area contributed by atoms with Crippen molar-refractivity contribution in [2.75, 3.05) is 11.9 Å². The molecule has 6 nitrogen and oxygen atoms in total. The van der Waals surface area contributed by atoms with Gasteiger partial charge in [-0.15, -0.1) is 5.10 Å². The molecule has 3 aromatic heterocycles. The molecule has 3 heterocycles. The fourth-order valence-corrected chi connectivity index (χ4v) is 2.85. The number of imidazole rings is 1. The highest BCUT2D eigenvalue weighted by Gasteiger charge is 2.09. The van der Waals surface area contributed by atoms with Gasteiger partial charge in [-0.1, -0.05) is 29.3 Å². The van der Waals surface area contributed by atoms with Crippen LogP contribution in [-0.2, 0) is 6.54 Å². The van der Waals surface area contributed by atoms with E-state index < -0.39 is 0 Å². The van der Waals surface area contributed by atoms with Crippen LogP contribution < -0.4 is 5.32 Å². The number of hydrogen-bond acceptors (Lipinski definition) is 4. The molecule has 0 atom stereocenters. The Labute approximate surface area is 154 Å². The second-order valence-electron chi connectivity index (χ2n) is 5.46. The summed E-state index contributed by atoms with van der Waals surface area (Å²) in [5, 5.41) is 13.1. The van der Waals surface area contributed by atoms with Crippen LogP contribution in [0.4, 0.5) is 5.82 Å². The summed E-state index contributed by atoms with van der Waals surface area (Å²) < 4.78 is 3.65. The Balaban J connectivity index is 1.59. The van der Waals surface area contributed by atoms with Crippen molar-refractivity contribution in [2.24, 2.45) is 0 Å². The third-order valence-electron chi connectivity index (χ3n) is 3.78. The monoisotopic (exact) mass is 372 g/mol. The summed E-state index contributed by atoms with van der Waals surface area (Å²) in [7, 11) is 0. The van der Waals surface area contributed by atoms with Gasteiger partial charge in [0.2, 0.25) is 0 Å². The van der Waals surface area contributed by atoms with Crippen LogP contribution in [0.2, 0.25) is 10.0 Å². The molecule has 126 valence electrons. The van der Waals surface area contributed by atoms with Gasteiger partial charge < -0.3 is 5.32 Å². The Morgan fingerprint density at radius 1 is 1.08 bits per heavy atom. The Bertz CT molecular complexity index is 1010. The van der Waals surface area contributed by atoms with Gasteiger partial charge in [-0.2, -0.15) is 5.10 Å². The first kappa shape index (κ1) is 15.9. The van der Waals surface area contributed by atoms with E-state index in [4.69, 9.17) is 23.2 Å². The fourth-order valence-electron chi connectivity index (χ4n) is 2.55. The molecule has 0 unspecified atom stereocenters. The molecule has 0 spiro atoms. The van der Waals surface area contributed by atoms with Crippen LogP contribution in [0.3, 0.4) is 0 Å². The number of anilines is 1. The van der Waals surface area contributed by atoms with Crippen LogP contribution in [0.1, 0.15) is 0 Å². The average Bonchev–Trinajstić information content (AvgIpc) is 3.27. The predicted octanol–water partition coefficient (Wildman–Crippen LogP) is 4.01. The molecule has 1 N–H and O–H groups in total. The van der Waals surface area contributed by atoms with Crippen molar-refractivity contribution in [3.8, 4) is 11.3 Å². The summed E-state index contributed by atoms with van der Waals surface area (Å²) in [5.74, 6) is 0.763. The van der Waals surface area contributed by atoms with Crippen molar-refractivity contribution in [3.05, 3.63) is 65.0 Å². The van der Waals surface area contributed by atoms with E-state index in [0.29, 0.717) is 10.0 Å². The molecule has 0 aliphatic heterocycles. The second-order valence-corrected chi connectivity index (χ2v) is 6.27. The molecule has 25 heavy (non-hydrogen) atoms. The van der Waals surface area contributed by atoms with Crippen LogP contribution >= 0.6 is 23.2 Å². The Morgan fingerprint density at radius 2 is 2.00 bits per heavy atom. The first-order valence-corrected chi connectivity index (χ1v) is 8.48.